The summed E-state index contributed by atoms with van der Waals surface area (Å²) in [6.45, 7) is 3.33. The summed E-state index contributed by atoms with van der Waals surface area (Å²) < 4.78 is 21.7. The molecule has 0 bridgehead atoms. The molecule has 0 fully saturated rings. The molecule has 0 aliphatic carbocycles. The molecular formula is C9H17N3O2S. The van der Waals surface area contributed by atoms with Gasteiger partial charge in [0.15, 0.2) is 0 Å². The highest BCUT2D eigenvalue weighted by Gasteiger charge is 2.02. The summed E-state index contributed by atoms with van der Waals surface area (Å²) in [5.74, 6) is 0.236. The molecule has 0 atom stereocenters. The van der Waals surface area contributed by atoms with Crippen molar-refractivity contribution in [3.63, 3.8) is 0 Å². The van der Waals surface area contributed by atoms with Crippen molar-refractivity contribution in [3.05, 3.63) is 17.7 Å². The second-order valence-electron chi connectivity index (χ2n) is 3.63. The van der Waals surface area contributed by atoms with Crippen molar-refractivity contribution >= 4 is 9.84 Å². The molecule has 15 heavy (non-hydrogen) atoms. The fourth-order valence-corrected chi connectivity index (χ4v) is 1.90. The van der Waals surface area contributed by atoms with E-state index in [2.05, 4.69) is 15.3 Å². The summed E-state index contributed by atoms with van der Waals surface area (Å²) >= 11 is 0. The maximum Gasteiger partial charge on any atom is 0.147 e. The number of aromatic nitrogens is 2. The number of sulfone groups is 1. The van der Waals surface area contributed by atoms with E-state index in [4.69, 9.17) is 0 Å². The minimum Gasteiger partial charge on any atom is -0.348 e. The molecule has 86 valence electrons. The minimum atomic E-state index is -2.83. The number of H-pyrrole nitrogens is 1. The predicted molar refractivity (Wildman–Crippen MR) is 59.4 cm³/mol. The first-order chi connectivity index (χ1) is 6.99. The van der Waals surface area contributed by atoms with Crippen molar-refractivity contribution in [2.24, 2.45) is 0 Å². The zero-order valence-electron chi connectivity index (χ0n) is 9.08. The third kappa shape index (κ3) is 4.94. The van der Waals surface area contributed by atoms with Gasteiger partial charge in [-0.25, -0.2) is 13.4 Å². The summed E-state index contributed by atoms with van der Waals surface area (Å²) in [6.07, 6.45) is 3.55. The van der Waals surface area contributed by atoms with Crippen LogP contribution in [-0.2, 0) is 16.4 Å². The van der Waals surface area contributed by atoms with Crippen LogP contribution in [0.15, 0.2) is 6.33 Å². The maximum atomic E-state index is 10.8. The van der Waals surface area contributed by atoms with Crippen LogP contribution in [0, 0.1) is 6.92 Å². The average Bonchev–Trinajstić information content (AvgIpc) is 2.49. The Balaban J connectivity index is 2.15. The fraction of sp³-hybridized carbons (Fsp3) is 0.667. The Morgan fingerprint density at radius 1 is 1.53 bits per heavy atom. The van der Waals surface area contributed by atoms with E-state index in [1.807, 2.05) is 6.92 Å². The highest BCUT2D eigenvalue weighted by Crippen LogP contribution is 1.99. The van der Waals surface area contributed by atoms with Crippen LogP contribution in [-0.4, -0.2) is 36.9 Å². The Labute approximate surface area is 90.2 Å². The first-order valence-electron chi connectivity index (χ1n) is 4.86. The van der Waals surface area contributed by atoms with Crippen molar-refractivity contribution in [2.45, 2.75) is 19.9 Å². The van der Waals surface area contributed by atoms with Crippen molar-refractivity contribution in [1.82, 2.24) is 15.3 Å². The monoisotopic (exact) mass is 231 g/mol. The fourth-order valence-electron chi connectivity index (χ4n) is 1.23. The molecule has 0 aromatic carbocycles. The van der Waals surface area contributed by atoms with Gasteiger partial charge >= 0.3 is 0 Å². The van der Waals surface area contributed by atoms with Crippen LogP contribution in [0.25, 0.3) is 0 Å². The number of imidazole rings is 1. The second-order valence-corrected chi connectivity index (χ2v) is 5.89. The smallest absolute Gasteiger partial charge is 0.147 e. The van der Waals surface area contributed by atoms with E-state index in [-0.39, 0.29) is 5.75 Å². The summed E-state index contributed by atoms with van der Waals surface area (Å²) in [4.78, 5) is 7.11. The van der Waals surface area contributed by atoms with Gasteiger partial charge in [-0.05, 0) is 19.9 Å². The molecule has 1 aromatic heterocycles. The van der Waals surface area contributed by atoms with Crippen molar-refractivity contribution in [3.8, 4) is 0 Å². The molecule has 1 rings (SSSR count). The molecule has 0 saturated heterocycles. The Morgan fingerprint density at radius 3 is 2.80 bits per heavy atom. The van der Waals surface area contributed by atoms with Crippen molar-refractivity contribution in [1.29, 1.82) is 0 Å². The van der Waals surface area contributed by atoms with Gasteiger partial charge in [-0.1, -0.05) is 0 Å². The van der Waals surface area contributed by atoms with Gasteiger partial charge in [0.25, 0.3) is 0 Å². The number of aromatic amines is 1. The van der Waals surface area contributed by atoms with Gasteiger partial charge in [-0.3, -0.25) is 0 Å². The van der Waals surface area contributed by atoms with Gasteiger partial charge in [0, 0.05) is 18.5 Å². The number of nitrogens with one attached hydrogen (secondary N) is 2. The first kappa shape index (κ1) is 12.2. The molecule has 0 radical (unpaired) electrons. The summed E-state index contributed by atoms with van der Waals surface area (Å²) in [6, 6.07) is 0. The zero-order chi connectivity index (χ0) is 11.3. The molecule has 6 heteroatoms. The number of hydrogen-bond donors (Lipinski definition) is 2. The van der Waals surface area contributed by atoms with E-state index >= 15 is 0 Å². The number of aryl methyl sites for hydroxylation is 1. The molecule has 0 unspecified atom stereocenters. The van der Waals surface area contributed by atoms with Crippen LogP contribution in [0.1, 0.15) is 17.8 Å². The van der Waals surface area contributed by atoms with E-state index in [0.717, 1.165) is 11.4 Å². The summed E-state index contributed by atoms with van der Waals surface area (Å²) in [7, 11) is -2.83. The highest BCUT2D eigenvalue weighted by molar-refractivity contribution is 7.90. The third-order valence-electron chi connectivity index (χ3n) is 2.10. The molecule has 0 aliphatic heterocycles. The van der Waals surface area contributed by atoms with Gasteiger partial charge in [-0.15, -0.1) is 0 Å². The lowest BCUT2D eigenvalue weighted by molar-refractivity contribution is 0.593. The molecule has 2 N–H and O–H groups in total. The van der Waals surface area contributed by atoms with E-state index in [9.17, 15) is 8.42 Å². The van der Waals surface area contributed by atoms with Crippen molar-refractivity contribution in [2.75, 3.05) is 18.6 Å². The molecule has 0 amide bonds. The molecule has 5 nitrogen and oxygen atoms in total. The molecule has 0 spiro atoms. The largest absolute Gasteiger partial charge is 0.348 e. The quantitative estimate of drug-likeness (QED) is 0.688. The SMILES string of the molecule is Cc1[nH]cnc1CNCCCS(C)(=O)=O. The second kappa shape index (κ2) is 5.27. The highest BCUT2D eigenvalue weighted by atomic mass is 32.2. The van der Waals surface area contributed by atoms with Crippen LogP contribution in [0.2, 0.25) is 0 Å². The van der Waals surface area contributed by atoms with E-state index < -0.39 is 9.84 Å². The van der Waals surface area contributed by atoms with Crippen LogP contribution in [0.3, 0.4) is 0 Å². The Kier molecular flexibility index (Phi) is 4.28. The van der Waals surface area contributed by atoms with Gasteiger partial charge in [-0.2, -0.15) is 0 Å². The lowest BCUT2D eigenvalue weighted by atomic mass is 10.3. The number of nitrogens with zero attached hydrogens (tertiary/aromatic N) is 1. The van der Waals surface area contributed by atoms with Gasteiger partial charge in [0.05, 0.1) is 17.8 Å². The number of hydrogen-bond acceptors (Lipinski definition) is 4. The van der Waals surface area contributed by atoms with Crippen LogP contribution >= 0.6 is 0 Å². The zero-order valence-corrected chi connectivity index (χ0v) is 9.89. The molecule has 1 aromatic rings. The van der Waals surface area contributed by atoms with E-state index in [0.29, 0.717) is 19.5 Å². The maximum absolute atomic E-state index is 10.8. The van der Waals surface area contributed by atoms with Gasteiger partial charge < -0.3 is 10.3 Å². The van der Waals surface area contributed by atoms with E-state index in [1.165, 1.54) is 6.26 Å². The molecule has 0 saturated carbocycles. The lowest BCUT2D eigenvalue weighted by Crippen LogP contribution is -2.18. The van der Waals surface area contributed by atoms with Crippen molar-refractivity contribution < 1.29 is 8.42 Å². The Hall–Kier alpha value is -0.880. The predicted octanol–water partition coefficient (Wildman–Crippen LogP) is 0.242. The molecule has 0 aliphatic rings. The van der Waals surface area contributed by atoms with Gasteiger partial charge in [0.1, 0.15) is 9.84 Å². The van der Waals surface area contributed by atoms with Crippen LogP contribution < -0.4 is 5.32 Å². The normalized spacial score (nSPS) is 11.9. The van der Waals surface area contributed by atoms with Crippen LogP contribution in [0.5, 0.6) is 0 Å². The number of rotatable bonds is 6. The topological polar surface area (TPSA) is 74.8 Å². The minimum absolute atomic E-state index is 0.236. The van der Waals surface area contributed by atoms with Crippen LogP contribution in [0.4, 0.5) is 0 Å². The lowest BCUT2D eigenvalue weighted by Gasteiger charge is -2.02. The summed E-state index contributed by atoms with van der Waals surface area (Å²) in [5.41, 5.74) is 2.03. The summed E-state index contributed by atoms with van der Waals surface area (Å²) in [5, 5.41) is 3.15. The third-order valence-corrected chi connectivity index (χ3v) is 3.13. The van der Waals surface area contributed by atoms with E-state index in [1.54, 1.807) is 6.33 Å². The Morgan fingerprint density at radius 2 is 2.27 bits per heavy atom. The average molecular weight is 231 g/mol. The Bertz CT molecular complexity index is 397. The first-order valence-corrected chi connectivity index (χ1v) is 6.92. The standard InChI is InChI=1S/C9H17N3O2S/c1-8-9(12-7-11-8)6-10-4-3-5-15(2,13)14/h7,10H,3-6H2,1-2H3,(H,11,12). The molecular weight excluding hydrogens is 214 g/mol. The van der Waals surface area contributed by atoms with Gasteiger partial charge in [0.2, 0.25) is 0 Å². The molecule has 1 heterocycles.